The first-order valence-electron chi connectivity index (χ1n) is 3.34. The van der Waals surface area contributed by atoms with E-state index in [0.29, 0.717) is 6.29 Å². The number of hydrogen-bond donors (Lipinski definition) is 0. The number of aldehydes is 1. The zero-order valence-electron chi connectivity index (χ0n) is 6.38. The number of rotatable bonds is 2. The van der Waals surface area contributed by atoms with Gasteiger partial charge in [-0.2, -0.15) is 13.2 Å². The van der Waals surface area contributed by atoms with Crippen LogP contribution in [0.1, 0.15) is 16.2 Å². The summed E-state index contributed by atoms with van der Waals surface area (Å²) in [4.78, 5) is 16.8. The SMILES string of the molecule is O=Cc1cnc(CC(F)(F)F)nc1. The highest BCUT2D eigenvalue weighted by Crippen LogP contribution is 2.18. The topological polar surface area (TPSA) is 42.9 Å². The van der Waals surface area contributed by atoms with Crippen molar-refractivity contribution in [2.24, 2.45) is 0 Å². The van der Waals surface area contributed by atoms with Gasteiger partial charge in [0.2, 0.25) is 0 Å². The number of carbonyl (C=O) groups excluding carboxylic acids is 1. The van der Waals surface area contributed by atoms with Crippen molar-refractivity contribution in [3.63, 3.8) is 0 Å². The molecule has 0 atom stereocenters. The second-order valence-electron chi connectivity index (χ2n) is 2.34. The highest BCUT2D eigenvalue weighted by atomic mass is 19.4. The van der Waals surface area contributed by atoms with Crippen LogP contribution in [0.3, 0.4) is 0 Å². The minimum Gasteiger partial charge on any atom is -0.298 e. The van der Waals surface area contributed by atoms with Crippen LogP contribution in [0.15, 0.2) is 12.4 Å². The molecule has 0 saturated carbocycles. The lowest BCUT2D eigenvalue weighted by molar-refractivity contribution is -0.128. The molecule has 3 nitrogen and oxygen atoms in total. The standard InChI is InChI=1S/C7H5F3N2O/c8-7(9,10)1-6-11-2-5(4-13)3-12-6/h2-4H,1H2. The molecule has 0 saturated heterocycles. The maximum atomic E-state index is 11.8. The van der Waals surface area contributed by atoms with Gasteiger partial charge in [0.05, 0.1) is 5.56 Å². The lowest BCUT2D eigenvalue weighted by Crippen LogP contribution is -2.14. The normalized spacial score (nSPS) is 11.3. The zero-order chi connectivity index (χ0) is 9.90. The van der Waals surface area contributed by atoms with Gasteiger partial charge in [-0.3, -0.25) is 4.79 Å². The van der Waals surface area contributed by atoms with E-state index in [2.05, 4.69) is 9.97 Å². The molecule has 0 amide bonds. The summed E-state index contributed by atoms with van der Waals surface area (Å²) in [7, 11) is 0. The van der Waals surface area contributed by atoms with Gasteiger partial charge in [0.15, 0.2) is 6.29 Å². The van der Waals surface area contributed by atoms with Crippen molar-refractivity contribution in [2.75, 3.05) is 0 Å². The Morgan fingerprint density at radius 3 is 2.23 bits per heavy atom. The summed E-state index contributed by atoms with van der Waals surface area (Å²) in [5.41, 5.74) is 0.158. The van der Waals surface area contributed by atoms with Crippen molar-refractivity contribution in [3.8, 4) is 0 Å². The van der Waals surface area contributed by atoms with Gasteiger partial charge in [0, 0.05) is 12.4 Å². The quantitative estimate of drug-likeness (QED) is 0.662. The van der Waals surface area contributed by atoms with Crippen LogP contribution >= 0.6 is 0 Å². The summed E-state index contributed by atoms with van der Waals surface area (Å²) < 4.78 is 35.3. The lowest BCUT2D eigenvalue weighted by atomic mass is 10.3. The Morgan fingerprint density at radius 1 is 1.31 bits per heavy atom. The van der Waals surface area contributed by atoms with Gasteiger partial charge in [-0.25, -0.2) is 9.97 Å². The molecule has 1 aromatic heterocycles. The molecule has 0 radical (unpaired) electrons. The number of nitrogens with zero attached hydrogens (tertiary/aromatic N) is 2. The molecule has 0 spiro atoms. The van der Waals surface area contributed by atoms with E-state index in [1.54, 1.807) is 0 Å². The smallest absolute Gasteiger partial charge is 0.298 e. The van der Waals surface area contributed by atoms with E-state index in [1.165, 1.54) is 0 Å². The molecular formula is C7H5F3N2O. The Kier molecular flexibility index (Phi) is 2.60. The number of aromatic nitrogens is 2. The molecule has 0 fully saturated rings. The molecule has 0 aromatic carbocycles. The van der Waals surface area contributed by atoms with Gasteiger partial charge < -0.3 is 0 Å². The molecular weight excluding hydrogens is 185 g/mol. The van der Waals surface area contributed by atoms with E-state index in [0.717, 1.165) is 12.4 Å². The van der Waals surface area contributed by atoms with E-state index in [4.69, 9.17) is 0 Å². The first-order chi connectivity index (χ1) is 6.01. The van der Waals surface area contributed by atoms with Gasteiger partial charge in [-0.05, 0) is 0 Å². The second-order valence-corrected chi connectivity index (χ2v) is 2.34. The molecule has 6 heteroatoms. The second kappa shape index (κ2) is 3.51. The first-order valence-corrected chi connectivity index (χ1v) is 3.34. The fourth-order valence-electron chi connectivity index (χ4n) is 0.696. The fourth-order valence-corrected chi connectivity index (χ4v) is 0.696. The Morgan fingerprint density at radius 2 is 1.85 bits per heavy atom. The van der Waals surface area contributed by atoms with E-state index in [-0.39, 0.29) is 11.4 Å². The minimum atomic E-state index is -4.32. The van der Waals surface area contributed by atoms with Crippen LogP contribution in [0.4, 0.5) is 13.2 Å². The van der Waals surface area contributed by atoms with Crippen molar-refractivity contribution >= 4 is 6.29 Å². The number of halogens is 3. The monoisotopic (exact) mass is 190 g/mol. The predicted octanol–water partition coefficient (Wildman–Crippen LogP) is 1.39. The van der Waals surface area contributed by atoms with Crippen molar-refractivity contribution < 1.29 is 18.0 Å². The third kappa shape index (κ3) is 3.18. The Labute approximate surface area is 71.6 Å². The molecule has 0 bridgehead atoms. The first kappa shape index (κ1) is 9.63. The van der Waals surface area contributed by atoms with E-state index < -0.39 is 12.6 Å². The summed E-state index contributed by atoms with van der Waals surface area (Å²) >= 11 is 0. The summed E-state index contributed by atoms with van der Waals surface area (Å²) in [6, 6.07) is 0. The van der Waals surface area contributed by atoms with Crippen LogP contribution < -0.4 is 0 Å². The number of carbonyl (C=O) groups is 1. The van der Waals surface area contributed by atoms with Crippen molar-refractivity contribution in [1.82, 2.24) is 9.97 Å². The van der Waals surface area contributed by atoms with Crippen LogP contribution in [0.25, 0.3) is 0 Å². The molecule has 1 rings (SSSR count). The maximum absolute atomic E-state index is 11.8. The van der Waals surface area contributed by atoms with E-state index in [1.807, 2.05) is 0 Å². The molecule has 1 heterocycles. The van der Waals surface area contributed by atoms with Crippen LogP contribution in [0.2, 0.25) is 0 Å². The highest BCUT2D eigenvalue weighted by molar-refractivity contribution is 5.73. The zero-order valence-corrected chi connectivity index (χ0v) is 6.38. The Balaban J connectivity index is 2.75. The largest absolute Gasteiger partial charge is 0.396 e. The average molecular weight is 190 g/mol. The van der Waals surface area contributed by atoms with Crippen LogP contribution in [-0.2, 0) is 6.42 Å². The summed E-state index contributed by atoms with van der Waals surface area (Å²) in [6.07, 6.45) is -2.91. The minimum absolute atomic E-state index is 0.158. The fraction of sp³-hybridized carbons (Fsp3) is 0.286. The van der Waals surface area contributed by atoms with Crippen LogP contribution in [-0.4, -0.2) is 22.4 Å². The summed E-state index contributed by atoms with van der Waals surface area (Å²) in [6.45, 7) is 0. The van der Waals surface area contributed by atoms with Crippen molar-refractivity contribution in [2.45, 2.75) is 12.6 Å². The summed E-state index contributed by atoms with van der Waals surface area (Å²) in [5.74, 6) is -0.335. The molecule has 0 aliphatic heterocycles. The van der Waals surface area contributed by atoms with Crippen molar-refractivity contribution in [3.05, 3.63) is 23.8 Å². The number of hydrogen-bond acceptors (Lipinski definition) is 3. The van der Waals surface area contributed by atoms with E-state index >= 15 is 0 Å². The van der Waals surface area contributed by atoms with Gasteiger partial charge in [-0.15, -0.1) is 0 Å². The third-order valence-electron chi connectivity index (χ3n) is 1.22. The van der Waals surface area contributed by atoms with E-state index in [9.17, 15) is 18.0 Å². The van der Waals surface area contributed by atoms with Gasteiger partial charge in [-0.1, -0.05) is 0 Å². The predicted molar refractivity (Wildman–Crippen MR) is 37.2 cm³/mol. The highest BCUT2D eigenvalue weighted by Gasteiger charge is 2.29. The molecule has 0 aliphatic rings. The van der Waals surface area contributed by atoms with Gasteiger partial charge >= 0.3 is 6.18 Å². The Hall–Kier alpha value is -1.46. The third-order valence-corrected chi connectivity index (χ3v) is 1.22. The average Bonchev–Trinajstić information content (AvgIpc) is 2.03. The van der Waals surface area contributed by atoms with Gasteiger partial charge in [0.25, 0.3) is 0 Å². The molecule has 0 N–H and O–H groups in total. The lowest BCUT2D eigenvalue weighted by Gasteiger charge is -2.03. The molecule has 70 valence electrons. The van der Waals surface area contributed by atoms with Gasteiger partial charge in [0.1, 0.15) is 12.2 Å². The molecule has 13 heavy (non-hydrogen) atoms. The Bertz CT molecular complexity index is 294. The van der Waals surface area contributed by atoms with Crippen molar-refractivity contribution in [1.29, 1.82) is 0 Å². The van der Waals surface area contributed by atoms with Crippen LogP contribution in [0.5, 0.6) is 0 Å². The summed E-state index contributed by atoms with van der Waals surface area (Å²) in [5, 5.41) is 0. The molecule has 1 aromatic rings. The molecule has 0 unspecified atom stereocenters. The number of alkyl halides is 3. The van der Waals surface area contributed by atoms with Crippen LogP contribution in [0, 0.1) is 0 Å². The maximum Gasteiger partial charge on any atom is 0.396 e. The molecule has 0 aliphatic carbocycles.